The highest BCUT2D eigenvalue weighted by Gasteiger charge is 2.23. The molecule has 0 saturated carbocycles. The fourth-order valence-corrected chi connectivity index (χ4v) is 4.48. The minimum Gasteiger partial charge on any atom is -0.454 e. The average Bonchev–Trinajstić information content (AvgIpc) is 3.14. The van der Waals surface area contributed by atoms with Crippen molar-refractivity contribution in [2.45, 2.75) is 43.6 Å². The maximum atomic E-state index is 12.5. The van der Waals surface area contributed by atoms with E-state index < -0.39 is 21.9 Å². The molecule has 0 aromatic heterocycles. The van der Waals surface area contributed by atoms with E-state index >= 15 is 0 Å². The van der Waals surface area contributed by atoms with Crippen molar-refractivity contribution >= 4 is 21.6 Å². The second-order valence-electron chi connectivity index (χ2n) is 6.72. The summed E-state index contributed by atoms with van der Waals surface area (Å²) < 4.78 is 29.6. The van der Waals surface area contributed by atoms with Crippen LogP contribution < -0.4 is 0 Å². The molecule has 2 aromatic rings. The number of carbonyl (C=O) groups excluding carboxylic acids is 2. The lowest BCUT2D eigenvalue weighted by molar-refractivity contribution is -0.145. The number of hydrogen-bond donors (Lipinski definition) is 0. The summed E-state index contributed by atoms with van der Waals surface area (Å²) in [6, 6.07) is 13.5. The summed E-state index contributed by atoms with van der Waals surface area (Å²) >= 11 is 0. The molecule has 0 spiro atoms. The van der Waals surface area contributed by atoms with Gasteiger partial charge in [-0.2, -0.15) is 0 Å². The number of aryl methyl sites for hydroxylation is 2. The van der Waals surface area contributed by atoms with Crippen molar-refractivity contribution in [1.29, 1.82) is 0 Å². The van der Waals surface area contributed by atoms with Crippen LogP contribution in [0.25, 0.3) is 0 Å². The highest BCUT2D eigenvalue weighted by molar-refractivity contribution is 7.91. The molecule has 5 nitrogen and oxygen atoms in total. The van der Waals surface area contributed by atoms with Gasteiger partial charge in [0.1, 0.15) is 0 Å². The highest BCUT2D eigenvalue weighted by atomic mass is 32.2. The molecule has 0 N–H and O–H groups in total. The summed E-state index contributed by atoms with van der Waals surface area (Å²) in [5, 5.41) is 0. The van der Waals surface area contributed by atoms with Crippen LogP contribution in [0.3, 0.4) is 0 Å². The number of benzene rings is 2. The van der Waals surface area contributed by atoms with Gasteiger partial charge < -0.3 is 4.74 Å². The number of hydrogen-bond acceptors (Lipinski definition) is 5. The van der Waals surface area contributed by atoms with Crippen molar-refractivity contribution in [1.82, 2.24) is 0 Å². The first-order valence-electron chi connectivity index (χ1n) is 9.00. The maximum Gasteiger partial charge on any atom is 0.307 e. The van der Waals surface area contributed by atoms with Crippen molar-refractivity contribution in [2.24, 2.45) is 0 Å². The van der Waals surface area contributed by atoms with E-state index in [1.54, 1.807) is 24.3 Å². The maximum absolute atomic E-state index is 12.5. The van der Waals surface area contributed by atoms with Crippen LogP contribution >= 0.6 is 0 Å². The fraction of sp³-hybridized carbons (Fsp3) is 0.333. The first-order valence-corrected chi connectivity index (χ1v) is 10.7. The van der Waals surface area contributed by atoms with Crippen molar-refractivity contribution in [3.05, 3.63) is 65.2 Å². The van der Waals surface area contributed by atoms with Gasteiger partial charge in [-0.1, -0.05) is 30.3 Å². The Morgan fingerprint density at radius 3 is 2.48 bits per heavy atom. The Bertz CT molecular complexity index is 948. The van der Waals surface area contributed by atoms with E-state index in [-0.39, 0.29) is 22.9 Å². The third-order valence-corrected chi connectivity index (χ3v) is 6.47. The van der Waals surface area contributed by atoms with E-state index in [0.29, 0.717) is 5.56 Å². The van der Waals surface area contributed by atoms with Crippen LogP contribution in [0.15, 0.2) is 53.4 Å². The van der Waals surface area contributed by atoms with Gasteiger partial charge in [0, 0.05) is 5.56 Å². The molecule has 0 bridgehead atoms. The quantitative estimate of drug-likeness (QED) is 0.540. The number of esters is 1. The summed E-state index contributed by atoms with van der Waals surface area (Å²) in [7, 11) is -3.56. The second kappa shape index (κ2) is 8.05. The predicted molar refractivity (Wildman–Crippen MR) is 101 cm³/mol. The van der Waals surface area contributed by atoms with Gasteiger partial charge in [-0.15, -0.1) is 0 Å². The average molecular weight is 386 g/mol. The molecule has 0 aliphatic heterocycles. The summed E-state index contributed by atoms with van der Waals surface area (Å²) in [6.07, 6.45) is 1.84. The lowest BCUT2D eigenvalue weighted by Gasteiger charge is -2.13. The largest absolute Gasteiger partial charge is 0.454 e. The van der Waals surface area contributed by atoms with E-state index in [0.717, 1.165) is 19.3 Å². The van der Waals surface area contributed by atoms with Gasteiger partial charge in [-0.3, -0.25) is 9.59 Å². The van der Waals surface area contributed by atoms with Crippen LogP contribution in [0.2, 0.25) is 0 Å². The standard InChI is InChI=1S/C21H22O5S/c1-15(21(23)18-11-10-16-6-5-7-17(16)14-18)26-20(22)12-13-27(24,25)19-8-3-2-4-9-19/h2-4,8-11,14-15H,5-7,12-13H2,1H3/t15-/m1/s1. The summed E-state index contributed by atoms with van der Waals surface area (Å²) in [6.45, 7) is 1.51. The van der Waals surface area contributed by atoms with Gasteiger partial charge in [0.05, 0.1) is 17.1 Å². The molecule has 2 aromatic carbocycles. The number of carbonyl (C=O) groups is 2. The Labute approximate surface area is 159 Å². The van der Waals surface area contributed by atoms with Gasteiger partial charge in [0.2, 0.25) is 5.78 Å². The predicted octanol–water partition coefficient (Wildman–Crippen LogP) is 3.15. The number of Topliss-reactive ketones (excluding diaryl/α,β-unsaturated/α-hetero) is 1. The zero-order chi connectivity index (χ0) is 19.4. The van der Waals surface area contributed by atoms with Gasteiger partial charge in [-0.05, 0) is 55.5 Å². The first-order chi connectivity index (χ1) is 12.9. The number of fused-ring (bicyclic) bond motifs is 1. The number of sulfone groups is 1. The lowest BCUT2D eigenvalue weighted by Crippen LogP contribution is -2.25. The molecular formula is C21H22O5S. The summed E-state index contributed by atoms with van der Waals surface area (Å²) in [4.78, 5) is 24.7. The van der Waals surface area contributed by atoms with Crippen LogP contribution in [0.4, 0.5) is 0 Å². The van der Waals surface area contributed by atoms with Crippen LogP contribution in [-0.4, -0.2) is 32.0 Å². The monoisotopic (exact) mass is 386 g/mol. The molecule has 0 radical (unpaired) electrons. The number of ether oxygens (including phenoxy) is 1. The van der Waals surface area contributed by atoms with E-state index in [9.17, 15) is 18.0 Å². The van der Waals surface area contributed by atoms with Gasteiger partial charge in [0.15, 0.2) is 15.9 Å². The SMILES string of the molecule is C[C@@H](OC(=O)CCS(=O)(=O)c1ccccc1)C(=O)c1ccc2c(c1)CCC2. The molecule has 1 aliphatic rings. The van der Waals surface area contributed by atoms with Gasteiger partial charge in [-0.25, -0.2) is 8.42 Å². The minimum atomic E-state index is -3.56. The lowest BCUT2D eigenvalue weighted by atomic mass is 10.0. The van der Waals surface area contributed by atoms with E-state index in [4.69, 9.17) is 4.74 Å². The van der Waals surface area contributed by atoms with Crippen molar-refractivity contribution in [3.8, 4) is 0 Å². The summed E-state index contributed by atoms with van der Waals surface area (Å²) in [5.74, 6) is -1.32. The molecule has 0 saturated heterocycles. The molecule has 1 atom stereocenters. The zero-order valence-corrected chi connectivity index (χ0v) is 16.0. The Morgan fingerprint density at radius 1 is 1.04 bits per heavy atom. The second-order valence-corrected chi connectivity index (χ2v) is 8.82. The zero-order valence-electron chi connectivity index (χ0n) is 15.2. The van der Waals surface area contributed by atoms with Crippen LogP contribution in [0, 0.1) is 0 Å². The Balaban J connectivity index is 1.56. The molecule has 6 heteroatoms. The van der Waals surface area contributed by atoms with Crippen molar-refractivity contribution < 1.29 is 22.7 Å². The van der Waals surface area contributed by atoms with Crippen molar-refractivity contribution in [2.75, 3.05) is 5.75 Å². The molecule has 27 heavy (non-hydrogen) atoms. The summed E-state index contributed by atoms with van der Waals surface area (Å²) in [5.41, 5.74) is 2.96. The van der Waals surface area contributed by atoms with E-state index in [1.807, 2.05) is 12.1 Å². The molecule has 3 rings (SSSR count). The fourth-order valence-electron chi connectivity index (χ4n) is 3.23. The van der Waals surface area contributed by atoms with Crippen LogP contribution in [0.5, 0.6) is 0 Å². The smallest absolute Gasteiger partial charge is 0.307 e. The van der Waals surface area contributed by atoms with Crippen molar-refractivity contribution in [3.63, 3.8) is 0 Å². The van der Waals surface area contributed by atoms with Gasteiger partial charge in [0.25, 0.3) is 0 Å². The number of ketones is 1. The highest BCUT2D eigenvalue weighted by Crippen LogP contribution is 2.23. The first kappa shape index (κ1) is 19.3. The Hall–Kier alpha value is -2.47. The Kier molecular flexibility index (Phi) is 5.75. The molecule has 0 amide bonds. The molecule has 1 aliphatic carbocycles. The Morgan fingerprint density at radius 2 is 1.74 bits per heavy atom. The van der Waals surface area contributed by atoms with Gasteiger partial charge >= 0.3 is 5.97 Å². The molecular weight excluding hydrogens is 364 g/mol. The third-order valence-electron chi connectivity index (χ3n) is 4.74. The van der Waals surface area contributed by atoms with E-state index in [2.05, 4.69) is 0 Å². The topological polar surface area (TPSA) is 77.5 Å². The third kappa shape index (κ3) is 4.63. The van der Waals surface area contributed by atoms with Crippen LogP contribution in [-0.2, 0) is 32.2 Å². The molecule has 0 heterocycles. The van der Waals surface area contributed by atoms with Crippen LogP contribution in [0.1, 0.15) is 41.3 Å². The molecule has 142 valence electrons. The molecule has 0 unspecified atom stereocenters. The number of rotatable bonds is 7. The minimum absolute atomic E-state index is 0.167. The van der Waals surface area contributed by atoms with E-state index in [1.165, 1.54) is 30.2 Å². The normalized spacial score (nSPS) is 14.4. The molecule has 0 fully saturated rings.